The van der Waals surface area contributed by atoms with Crippen molar-refractivity contribution in [3.8, 4) is 0 Å². The second-order valence-corrected chi connectivity index (χ2v) is 6.18. The number of carbonyl (C=O) groups excluding carboxylic acids is 3. The van der Waals surface area contributed by atoms with E-state index in [2.05, 4.69) is 6.58 Å². The molecule has 26 heavy (non-hydrogen) atoms. The third-order valence-corrected chi connectivity index (χ3v) is 4.15. The summed E-state index contributed by atoms with van der Waals surface area (Å²) in [6.45, 7) is 6.60. The van der Waals surface area contributed by atoms with Crippen molar-refractivity contribution < 1.29 is 23.9 Å². The number of hydrogen-bond acceptors (Lipinski definition) is 5. The predicted octanol–water partition coefficient (Wildman–Crippen LogP) is 3.50. The van der Waals surface area contributed by atoms with E-state index in [9.17, 15) is 14.4 Å². The Hall–Kier alpha value is -3.21. The molecule has 132 valence electrons. The minimum atomic E-state index is -0.722. The van der Waals surface area contributed by atoms with Crippen molar-refractivity contribution in [1.29, 1.82) is 0 Å². The summed E-state index contributed by atoms with van der Waals surface area (Å²) in [5, 5.41) is 0. The molecule has 2 aromatic rings. The maximum absolute atomic E-state index is 12.8. The van der Waals surface area contributed by atoms with Crippen LogP contribution in [0.2, 0.25) is 0 Å². The van der Waals surface area contributed by atoms with Gasteiger partial charge in [0.25, 0.3) is 0 Å². The predicted molar refractivity (Wildman–Crippen MR) is 94.5 cm³/mol. The number of ketones is 1. The van der Waals surface area contributed by atoms with Gasteiger partial charge in [0.05, 0.1) is 0 Å². The van der Waals surface area contributed by atoms with Gasteiger partial charge in [-0.3, -0.25) is 9.59 Å². The average molecular weight is 350 g/mol. The maximum atomic E-state index is 12.8. The van der Waals surface area contributed by atoms with Crippen LogP contribution in [-0.2, 0) is 25.7 Å². The summed E-state index contributed by atoms with van der Waals surface area (Å²) in [5.74, 6) is -1.05. The zero-order valence-electron chi connectivity index (χ0n) is 14.6. The van der Waals surface area contributed by atoms with Crippen LogP contribution in [0.15, 0.2) is 54.6 Å². The standard InChI is InChI=1S/C21H18O5/c1-12(2)21(24)26-20-17-7-5-4-6-15(17)19(23)16-9-8-14(10-18(16)20)11-25-13(3)22/h4-10,20H,1,11H2,2-3H3. The van der Waals surface area contributed by atoms with Gasteiger partial charge in [-0.1, -0.05) is 43.0 Å². The molecule has 5 heteroatoms. The normalized spacial score (nSPS) is 14.8. The SMILES string of the molecule is C=C(C)C(=O)OC1c2ccccc2C(=O)c2ccc(COC(C)=O)cc21. The molecule has 0 spiro atoms. The van der Waals surface area contributed by atoms with Crippen LogP contribution in [0.3, 0.4) is 0 Å². The van der Waals surface area contributed by atoms with Crippen molar-refractivity contribution in [2.75, 3.05) is 0 Å². The van der Waals surface area contributed by atoms with Crippen molar-refractivity contribution in [3.05, 3.63) is 82.4 Å². The van der Waals surface area contributed by atoms with Crippen LogP contribution in [-0.4, -0.2) is 17.7 Å². The number of carbonyl (C=O) groups is 3. The number of benzene rings is 2. The summed E-state index contributed by atoms with van der Waals surface area (Å²) in [4.78, 5) is 36.0. The highest BCUT2D eigenvalue weighted by Gasteiger charge is 2.33. The van der Waals surface area contributed by atoms with Crippen LogP contribution in [0, 0.1) is 0 Å². The molecule has 5 nitrogen and oxygen atoms in total. The molecule has 0 radical (unpaired) electrons. The summed E-state index contributed by atoms with van der Waals surface area (Å²) >= 11 is 0. The first-order valence-electron chi connectivity index (χ1n) is 8.14. The molecule has 0 N–H and O–H groups in total. The van der Waals surface area contributed by atoms with Gasteiger partial charge in [0, 0.05) is 34.8 Å². The Labute approximate surface area is 151 Å². The molecule has 0 fully saturated rings. The molecular weight excluding hydrogens is 332 g/mol. The topological polar surface area (TPSA) is 69.7 Å². The van der Waals surface area contributed by atoms with Crippen LogP contribution >= 0.6 is 0 Å². The van der Waals surface area contributed by atoms with E-state index in [0.29, 0.717) is 27.8 Å². The van der Waals surface area contributed by atoms with Crippen LogP contribution in [0.4, 0.5) is 0 Å². The molecule has 3 rings (SSSR count). The first-order chi connectivity index (χ1) is 12.4. The van der Waals surface area contributed by atoms with Gasteiger partial charge >= 0.3 is 11.9 Å². The van der Waals surface area contributed by atoms with Crippen molar-refractivity contribution in [2.45, 2.75) is 26.6 Å². The summed E-state index contributed by atoms with van der Waals surface area (Å²) in [6, 6.07) is 12.2. The van der Waals surface area contributed by atoms with Crippen molar-refractivity contribution >= 4 is 17.7 Å². The molecule has 1 aliphatic carbocycles. The molecule has 0 saturated heterocycles. The first-order valence-corrected chi connectivity index (χ1v) is 8.14. The Morgan fingerprint density at radius 2 is 1.73 bits per heavy atom. The van der Waals surface area contributed by atoms with E-state index in [-0.39, 0.29) is 18.0 Å². The van der Waals surface area contributed by atoms with Gasteiger partial charge < -0.3 is 9.47 Å². The van der Waals surface area contributed by atoms with Gasteiger partial charge in [-0.05, 0) is 18.6 Å². The fourth-order valence-electron chi connectivity index (χ4n) is 2.89. The first kappa shape index (κ1) is 17.6. The zero-order chi connectivity index (χ0) is 18.8. The molecule has 0 saturated carbocycles. The average Bonchev–Trinajstić information content (AvgIpc) is 2.63. The van der Waals surface area contributed by atoms with E-state index < -0.39 is 18.0 Å². The lowest BCUT2D eigenvalue weighted by atomic mass is 9.82. The Morgan fingerprint density at radius 1 is 1.04 bits per heavy atom. The third kappa shape index (κ3) is 3.28. The third-order valence-electron chi connectivity index (χ3n) is 4.15. The fourth-order valence-corrected chi connectivity index (χ4v) is 2.89. The molecule has 0 aromatic heterocycles. The lowest BCUT2D eigenvalue weighted by Gasteiger charge is -2.28. The van der Waals surface area contributed by atoms with E-state index in [1.54, 1.807) is 49.4 Å². The maximum Gasteiger partial charge on any atom is 0.334 e. The minimum Gasteiger partial charge on any atom is -0.461 e. The molecule has 0 aliphatic heterocycles. The molecule has 1 unspecified atom stereocenters. The monoisotopic (exact) mass is 350 g/mol. The minimum absolute atomic E-state index is 0.0829. The smallest absolute Gasteiger partial charge is 0.334 e. The van der Waals surface area contributed by atoms with Crippen LogP contribution in [0.5, 0.6) is 0 Å². The Kier molecular flexibility index (Phi) is 4.71. The lowest BCUT2D eigenvalue weighted by molar-refractivity contribution is -0.143. The number of hydrogen-bond donors (Lipinski definition) is 0. The van der Waals surface area contributed by atoms with Crippen molar-refractivity contribution in [1.82, 2.24) is 0 Å². The lowest BCUT2D eigenvalue weighted by Crippen LogP contribution is -2.24. The highest BCUT2D eigenvalue weighted by Crippen LogP contribution is 2.38. The Morgan fingerprint density at radius 3 is 2.42 bits per heavy atom. The second-order valence-electron chi connectivity index (χ2n) is 6.18. The zero-order valence-corrected chi connectivity index (χ0v) is 14.6. The largest absolute Gasteiger partial charge is 0.461 e. The number of esters is 2. The molecular formula is C21H18O5. The van der Waals surface area contributed by atoms with Gasteiger partial charge in [-0.2, -0.15) is 0 Å². The van der Waals surface area contributed by atoms with E-state index in [1.807, 2.05) is 0 Å². The number of rotatable bonds is 4. The Balaban J connectivity index is 2.08. The van der Waals surface area contributed by atoms with Crippen molar-refractivity contribution in [2.24, 2.45) is 0 Å². The molecule has 2 aromatic carbocycles. The van der Waals surface area contributed by atoms with Gasteiger partial charge in [0.15, 0.2) is 11.9 Å². The summed E-state index contributed by atoms with van der Waals surface area (Å²) in [7, 11) is 0. The van der Waals surface area contributed by atoms with E-state index >= 15 is 0 Å². The van der Waals surface area contributed by atoms with Crippen LogP contribution < -0.4 is 0 Å². The highest BCUT2D eigenvalue weighted by molar-refractivity contribution is 6.12. The van der Waals surface area contributed by atoms with E-state index in [0.717, 1.165) is 0 Å². The Bertz CT molecular complexity index is 926. The van der Waals surface area contributed by atoms with Crippen LogP contribution in [0.1, 0.15) is 52.6 Å². The van der Waals surface area contributed by atoms with E-state index in [4.69, 9.17) is 9.47 Å². The van der Waals surface area contributed by atoms with Gasteiger partial charge in [0.2, 0.25) is 0 Å². The number of ether oxygens (including phenoxy) is 2. The van der Waals surface area contributed by atoms with Crippen molar-refractivity contribution in [3.63, 3.8) is 0 Å². The van der Waals surface area contributed by atoms with E-state index in [1.165, 1.54) is 6.92 Å². The molecule has 0 heterocycles. The molecule has 1 atom stereocenters. The fraction of sp³-hybridized carbons (Fsp3) is 0.190. The highest BCUT2D eigenvalue weighted by atomic mass is 16.5. The van der Waals surface area contributed by atoms with Crippen LogP contribution in [0.25, 0.3) is 0 Å². The molecule has 0 bridgehead atoms. The number of fused-ring (bicyclic) bond motifs is 2. The summed E-state index contributed by atoms with van der Waals surface area (Å²) < 4.78 is 10.7. The van der Waals surface area contributed by atoms with Gasteiger partial charge in [-0.15, -0.1) is 0 Å². The quantitative estimate of drug-likeness (QED) is 0.623. The summed E-state index contributed by atoms with van der Waals surface area (Å²) in [6.07, 6.45) is -0.722. The second kappa shape index (κ2) is 6.96. The summed E-state index contributed by atoms with van der Waals surface area (Å²) in [5.41, 5.74) is 3.17. The van der Waals surface area contributed by atoms with Gasteiger partial charge in [0.1, 0.15) is 6.61 Å². The van der Waals surface area contributed by atoms with Gasteiger partial charge in [-0.25, -0.2) is 4.79 Å². The molecule has 1 aliphatic rings. The molecule has 0 amide bonds.